The molecule has 3 aromatic carbocycles. The molecular formula is C28H29N5O6S. The molecule has 1 amide bonds. The second-order valence-corrected chi connectivity index (χ2v) is 9.05. The Morgan fingerprint density at radius 2 is 1.45 bits per heavy atom. The quantitative estimate of drug-likeness (QED) is 0.154. The van der Waals surface area contributed by atoms with E-state index in [-0.39, 0.29) is 11.7 Å². The van der Waals surface area contributed by atoms with Crippen LogP contribution in [0.3, 0.4) is 0 Å². The lowest BCUT2D eigenvalue weighted by molar-refractivity contribution is -0.118. The summed E-state index contributed by atoms with van der Waals surface area (Å²) in [5.41, 5.74) is 4.86. The molecule has 4 aromatic rings. The summed E-state index contributed by atoms with van der Waals surface area (Å²) in [6.07, 6.45) is 1.49. The maximum absolute atomic E-state index is 12.6. The van der Waals surface area contributed by atoms with Crippen molar-refractivity contribution in [1.82, 2.24) is 20.2 Å². The van der Waals surface area contributed by atoms with Crippen molar-refractivity contribution in [2.75, 3.05) is 41.3 Å². The molecule has 0 unspecified atom stereocenters. The lowest BCUT2D eigenvalue weighted by Crippen LogP contribution is -2.20. The number of amides is 1. The van der Waals surface area contributed by atoms with E-state index in [1.165, 1.54) is 39.3 Å². The molecule has 0 saturated heterocycles. The number of thioether (sulfide) groups is 1. The molecule has 0 radical (unpaired) electrons. The molecule has 11 nitrogen and oxygen atoms in total. The van der Waals surface area contributed by atoms with Gasteiger partial charge in [-0.3, -0.25) is 9.36 Å². The molecule has 0 saturated carbocycles. The summed E-state index contributed by atoms with van der Waals surface area (Å²) < 4.78 is 28.5. The molecule has 12 heteroatoms. The van der Waals surface area contributed by atoms with Crippen LogP contribution in [0.1, 0.15) is 5.56 Å². The van der Waals surface area contributed by atoms with Gasteiger partial charge in [-0.2, -0.15) is 5.10 Å². The van der Waals surface area contributed by atoms with Gasteiger partial charge in [-0.05, 0) is 60.7 Å². The number of hydrogen-bond donors (Lipinski definition) is 1. The number of nitrogens with one attached hydrogen (secondary N) is 1. The first-order valence-electron chi connectivity index (χ1n) is 12.0. The number of carbonyl (C=O) groups is 1. The molecular weight excluding hydrogens is 534 g/mol. The van der Waals surface area contributed by atoms with Crippen LogP contribution in [0.25, 0.3) is 17.1 Å². The zero-order valence-corrected chi connectivity index (χ0v) is 23.5. The number of hydrazone groups is 1. The number of ether oxygens (including phenoxy) is 5. The van der Waals surface area contributed by atoms with Crippen LogP contribution in [-0.4, -0.2) is 68.2 Å². The fraction of sp³-hybridized carbons (Fsp3) is 0.214. The van der Waals surface area contributed by atoms with E-state index in [1.807, 2.05) is 53.1 Å². The Hall–Kier alpha value is -4.71. The molecule has 0 bridgehead atoms. The number of hydrogen-bond acceptors (Lipinski definition) is 10. The van der Waals surface area contributed by atoms with E-state index in [0.717, 1.165) is 22.7 Å². The highest BCUT2D eigenvalue weighted by Crippen LogP contribution is 2.37. The SMILES string of the molecule is COc1ccc(-c2nnc(SCC(=O)N/N=C/c3cc(OC)c(OC)c(OC)c3)n2-c2ccc(OC)cc2)cc1. The van der Waals surface area contributed by atoms with Crippen LogP contribution in [0.4, 0.5) is 0 Å². The van der Waals surface area contributed by atoms with Crippen LogP contribution in [0.2, 0.25) is 0 Å². The van der Waals surface area contributed by atoms with E-state index in [2.05, 4.69) is 20.7 Å². The first-order valence-corrected chi connectivity index (χ1v) is 13.0. The maximum Gasteiger partial charge on any atom is 0.250 e. The van der Waals surface area contributed by atoms with E-state index in [0.29, 0.717) is 33.8 Å². The summed E-state index contributed by atoms with van der Waals surface area (Å²) in [5, 5.41) is 13.4. The van der Waals surface area contributed by atoms with E-state index in [1.54, 1.807) is 26.4 Å². The third kappa shape index (κ3) is 6.46. The third-order valence-corrected chi connectivity index (χ3v) is 6.66. The number of methoxy groups -OCH3 is 5. The Morgan fingerprint density at radius 1 is 0.850 bits per heavy atom. The molecule has 0 aliphatic carbocycles. The van der Waals surface area contributed by atoms with Gasteiger partial charge in [0.15, 0.2) is 22.5 Å². The summed E-state index contributed by atoms with van der Waals surface area (Å²) in [5.74, 6) is 3.26. The van der Waals surface area contributed by atoms with Crippen LogP contribution >= 0.6 is 11.8 Å². The molecule has 1 heterocycles. The molecule has 0 aliphatic heterocycles. The van der Waals surface area contributed by atoms with E-state index < -0.39 is 0 Å². The molecule has 0 fully saturated rings. The Bertz CT molecular complexity index is 1450. The van der Waals surface area contributed by atoms with Crippen molar-refractivity contribution < 1.29 is 28.5 Å². The number of benzene rings is 3. The van der Waals surface area contributed by atoms with Crippen molar-refractivity contribution >= 4 is 23.9 Å². The Kier molecular flexibility index (Phi) is 9.47. The van der Waals surface area contributed by atoms with Crippen molar-refractivity contribution in [2.24, 2.45) is 5.10 Å². The summed E-state index contributed by atoms with van der Waals surface area (Å²) in [6.45, 7) is 0. The van der Waals surface area contributed by atoms with Crippen molar-refractivity contribution in [1.29, 1.82) is 0 Å². The minimum Gasteiger partial charge on any atom is -0.497 e. The van der Waals surface area contributed by atoms with Crippen LogP contribution in [0.5, 0.6) is 28.7 Å². The number of rotatable bonds is 12. The van der Waals surface area contributed by atoms with Crippen LogP contribution in [-0.2, 0) is 4.79 Å². The fourth-order valence-electron chi connectivity index (χ4n) is 3.77. The lowest BCUT2D eigenvalue weighted by atomic mass is 10.2. The van der Waals surface area contributed by atoms with Crippen molar-refractivity contribution in [3.8, 4) is 45.8 Å². The first-order chi connectivity index (χ1) is 19.5. The normalized spacial score (nSPS) is 10.8. The molecule has 0 aliphatic rings. The average molecular weight is 564 g/mol. The van der Waals surface area contributed by atoms with Gasteiger partial charge in [0.05, 0.1) is 47.5 Å². The topological polar surface area (TPSA) is 118 Å². The molecule has 1 aromatic heterocycles. The summed E-state index contributed by atoms with van der Waals surface area (Å²) in [6, 6.07) is 18.5. The van der Waals surface area contributed by atoms with Gasteiger partial charge in [-0.25, -0.2) is 5.43 Å². The smallest absolute Gasteiger partial charge is 0.250 e. The molecule has 1 N–H and O–H groups in total. The van der Waals surface area contributed by atoms with Gasteiger partial charge in [0.25, 0.3) is 5.91 Å². The van der Waals surface area contributed by atoms with Gasteiger partial charge in [-0.1, -0.05) is 11.8 Å². The molecule has 4 rings (SSSR count). The van der Waals surface area contributed by atoms with Crippen LogP contribution < -0.4 is 29.1 Å². The van der Waals surface area contributed by atoms with Crippen LogP contribution in [0, 0.1) is 0 Å². The average Bonchev–Trinajstić information content (AvgIpc) is 3.43. The van der Waals surface area contributed by atoms with Crippen molar-refractivity contribution in [3.63, 3.8) is 0 Å². The highest BCUT2D eigenvalue weighted by molar-refractivity contribution is 7.99. The zero-order chi connectivity index (χ0) is 28.5. The van der Waals surface area contributed by atoms with Gasteiger partial charge in [0.1, 0.15) is 11.5 Å². The second-order valence-electron chi connectivity index (χ2n) is 8.11. The third-order valence-electron chi connectivity index (χ3n) is 5.73. The Balaban J connectivity index is 1.51. The van der Waals surface area contributed by atoms with E-state index >= 15 is 0 Å². The predicted octanol–water partition coefficient (Wildman–Crippen LogP) is 4.22. The second kappa shape index (κ2) is 13.4. The lowest BCUT2D eigenvalue weighted by Gasteiger charge is -2.12. The highest BCUT2D eigenvalue weighted by Gasteiger charge is 2.18. The monoisotopic (exact) mass is 563 g/mol. The summed E-state index contributed by atoms with van der Waals surface area (Å²) >= 11 is 1.24. The largest absolute Gasteiger partial charge is 0.497 e. The summed E-state index contributed by atoms with van der Waals surface area (Å²) in [7, 11) is 7.81. The first kappa shape index (κ1) is 28.3. The Morgan fingerprint density at radius 3 is 2.00 bits per heavy atom. The minimum atomic E-state index is -0.316. The van der Waals surface area contributed by atoms with Gasteiger partial charge < -0.3 is 23.7 Å². The molecule has 40 heavy (non-hydrogen) atoms. The van der Waals surface area contributed by atoms with Gasteiger partial charge in [0.2, 0.25) is 5.75 Å². The van der Waals surface area contributed by atoms with Crippen molar-refractivity contribution in [3.05, 3.63) is 66.2 Å². The maximum atomic E-state index is 12.6. The fourth-order valence-corrected chi connectivity index (χ4v) is 4.52. The predicted molar refractivity (Wildman–Crippen MR) is 152 cm³/mol. The highest BCUT2D eigenvalue weighted by atomic mass is 32.2. The number of carbonyl (C=O) groups excluding carboxylic acids is 1. The molecule has 208 valence electrons. The van der Waals surface area contributed by atoms with Gasteiger partial charge in [0, 0.05) is 16.8 Å². The number of aromatic nitrogens is 3. The van der Waals surface area contributed by atoms with Gasteiger partial charge >= 0.3 is 0 Å². The summed E-state index contributed by atoms with van der Waals surface area (Å²) in [4.78, 5) is 12.6. The zero-order valence-electron chi connectivity index (χ0n) is 22.7. The van der Waals surface area contributed by atoms with E-state index in [9.17, 15) is 4.79 Å². The molecule has 0 atom stereocenters. The van der Waals surface area contributed by atoms with Crippen molar-refractivity contribution in [2.45, 2.75) is 5.16 Å². The Labute approximate surface area is 236 Å². The van der Waals surface area contributed by atoms with Crippen LogP contribution in [0.15, 0.2) is 70.9 Å². The van der Waals surface area contributed by atoms with E-state index in [4.69, 9.17) is 23.7 Å². The van der Waals surface area contributed by atoms with Gasteiger partial charge in [-0.15, -0.1) is 10.2 Å². The minimum absolute atomic E-state index is 0.0590. The molecule has 0 spiro atoms. The number of nitrogens with zero attached hydrogens (tertiary/aromatic N) is 4. The standard InChI is InChI=1S/C28H29N5O6S/c1-35-21-10-6-19(7-11-21)27-31-32-28(33(27)20-8-12-22(36-2)13-9-20)40-17-25(34)30-29-16-18-14-23(37-3)26(39-5)24(15-18)38-4/h6-16H,17H2,1-5H3,(H,30,34)/b29-16+.